The summed E-state index contributed by atoms with van der Waals surface area (Å²) in [7, 11) is 0. The zero-order valence-corrected chi connectivity index (χ0v) is 8.97. The van der Waals surface area contributed by atoms with Crippen LogP contribution < -0.4 is 10.2 Å². The normalized spacial score (nSPS) is 8.00. The zero-order chi connectivity index (χ0) is 7.15. The van der Waals surface area contributed by atoms with Gasteiger partial charge in [0.2, 0.25) is 0 Å². The van der Waals surface area contributed by atoms with E-state index in [1.165, 1.54) is 0 Å². The van der Waals surface area contributed by atoms with Crippen LogP contribution in [0.25, 0.3) is 0 Å². The van der Waals surface area contributed by atoms with Crippen molar-refractivity contribution < 1.29 is 11.6 Å². The van der Waals surface area contributed by atoms with Crippen LogP contribution >= 0.6 is 0 Å². The summed E-state index contributed by atoms with van der Waals surface area (Å²) in [5, 5.41) is 19.1. The van der Waals surface area contributed by atoms with Gasteiger partial charge in [0.25, 0.3) is 0 Å². The van der Waals surface area contributed by atoms with E-state index in [1.807, 2.05) is 0 Å². The Balaban J connectivity index is -0.0000000300. The first-order valence-corrected chi connectivity index (χ1v) is 2.78. The van der Waals surface area contributed by atoms with E-state index >= 15 is 0 Å². The van der Waals surface area contributed by atoms with E-state index in [2.05, 4.69) is 0 Å². The Hall–Kier alpha value is 0.556. The Morgan fingerprint density at radius 3 is 0.889 bits per heavy atom. The molecule has 57 valence electrons. The van der Waals surface area contributed by atoms with Crippen LogP contribution in [0.3, 0.4) is 0 Å². The molecule has 0 bridgehead atoms. The minimum absolute atomic E-state index is 0. The summed E-state index contributed by atoms with van der Waals surface area (Å²) in [6, 6.07) is 0. The molecule has 3 heteroatoms. The first-order chi connectivity index (χ1) is 3.46. The van der Waals surface area contributed by atoms with E-state index in [0.29, 0.717) is 0 Å². The van der Waals surface area contributed by atoms with E-state index in [0.717, 1.165) is 0 Å². The van der Waals surface area contributed by atoms with Gasteiger partial charge in [-0.05, 0) is 0 Å². The van der Waals surface area contributed by atoms with Crippen LogP contribution in [-0.4, -0.2) is 32.0 Å². The first-order valence-electron chi connectivity index (χ1n) is 2.78. The van der Waals surface area contributed by atoms with Crippen molar-refractivity contribution in [3.05, 3.63) is 0 Å². The second-order valence-electron chi connectivity index (χ2n) is 2.10. The fourth-order valence-corrected chi connectivity index (χ4v) is 0. The molecule has 0 saturated heterocycles. The Morgan fingerprint density at radius 2 is 0.889 bits per heavy atom. The van der Waals surface area contributed by atoms with Crippen LogP contribution in [0.15, 0.2) is 0 Å². The van der Waals surface area contributed by atoms with Gasteiger partial charge in [-0.15, -0.1) is 12.2 Å². The predicted molar refractivity (Wildman–Crippen MR) is 38.1 cm³/mol. The van der Waals surface area contributed by atoms with Gasteiger partial charge in [0, 0.05) is 21.2 Å². The van der Waals surface area contributed by atoms with Crippen molar-refractivity contribution in [1.29, 1.82) is 0 Å². The summed E-state index contributed by atoms with van der Waals surface area (Å²) in [5.74, 6) is 0. The van der Waals surface area contributed by atoms with Gasteiger partial charge in [-0.1, -0.05) is 27.7 Å². The van der Waals surface area contributed by atoms with E-state index < -0.39 is 12.2 Å². The molecule has 0 atom stereocenters. The van der Waals surface area contributed by atoms with Crippen molar-refractivity contribution in [3.63, 3.8) is 0 Å². The Bertz CT molecular complexity index is 31.2. The maximum absolute atomic E-state index is 9.53. The second kappa shape index (κ2) is 11.4. The minimum Gasteiger partial charge on any atom is -0.852 e. The Morgan fingerprint density at radius 1 is 0.889 bits per heavy atom. The molecule has 0 aromatic heterocycles. The maximum atomic E-state index is 9.53. The molecule has 0 aliphatic rings. The number of rotatable bonds is 0. The molecular formula is C6H16GaO2-2. The quantitative estimate of drug-likeness (QED) is 0.477. The topological polar surface area (TPSA) is 46.1 Å². The maximum Gasteiger partial charge on any atom is 0 e. The fourth-order valence-electron chi connectivity index (χ4n) is 0. The molecule has 2 nitrogen and oxygen atoms in total. The second-order valence-corrected chi connectivity index (χ2v) is 2.10. The van der Waals surface area contributed by atoms with Crippen LogP contribution in [0.1, 0.15) is 29.1 Å². The predicted octanol–water partition coefficient (Wildman–Crippen LogP) is -0.625. The summed E-state index contributed by atoms with van der Waals surface area (Å²) in [6.07, 6.45) is -0.833. The molecule has 3 radical (unpaired) electrons. The van der Waals surface area contributed by atoms with Crippen LogP contribution in [-0.2, 0) is 0 Å². The van der Waals surface area contributed by atoms with Crippen molar-refractivity contribution in [2.75, 3.05) is 0 Å². The molecule has 0 amide bonds. The van der Waals surface area contributed by atoms with Crippen LogP contribution in [0.2, 0.25) is 0 Å². The molecule has 0 aliphatic heterocycles. The first kappa shape index (κ1) is 16.3. The summed E-state index contributed by atoms with van der Waals surface area (Å²) in [6.45, 7) is 6.44. The van der Waals surface area contributed by atoms with Gasteiger partial charge in [-0.2, -0.15) is 0 Å². The molecule has 9 heavy (non-hydrogen) atoms. The largest absolute Gasteiger partial charge is 0.852 e. The van der Waals surface area contributed by atoms with Crippen LogP contribution in [0, 0.1) is 0 Å². The molecule has 0 saturated carbocycles. The summed E-state index contributed by atoms with van der Waals surface area (Å²) >= 11 is 0. The molecule has 0 aromatic rings. The fraction of sp³-hybridized carbons (Fsp3) is 1.00. The van der Waals surface area contributed by atoms with Gasteiger partial charge in [0.15, 0.2) is 0 Å². The molecule has 0 rings (SSSR count). The molecule has 0 aromatic carbocycles. The van der Waals surface area contributed by atoms with Crippen molar-refractivity contribution in [2.45, 2.75) is 39.9 Å². The molecule has 0 spiro atoms. The summed E-state index contributed by atoms with van der Waals surface area (Å²) in [4.78, 5) is 0. The third-order valence-electron chi connectivity index (χ3n) is 0. The molecular weight excluding hydrogens is 174 g/mol. The average molecular weight is 190 g/mol. The van der Waals surface area contributed by atoms with Crippen molar-refractivity contribution in [2.24, 2.45) is 0 Å². The number of hydrogen-bond donors (Lipinski definition) is 0. The standard InChI is InChI=1S/2C3H7O.Ga.H2/c2*1-3(2)4;;/h2*3H,1-2H3;;1H/q2*-1;;. The SMILES string of the molecule is CC(C)[O-].CC(C)[O-].[Ga].[HH]. The third kappa shape index (κ3) is 1190. The van der Waals surface area contributed by atoms with Crippen molar-refractivity contribution in [1.82, 2.24) is 0 Å². The van der Waals surface area contributed by atoms with Gasteiger partial charge in [-0.3, -0.25) is 0 Å². The van der Waals surface area contributed by atoms with Crippen molar-refractivity contribution in [3.8, 4) is 0 Å². The smallest absolute Gasteiger partial charge is 0 e. The van der Waals surface area contributed by atoms with Gasteiger partial charge < -0.3 is 10.2 Å². The molecule has 0 N–H and O–H groups in total. The van der Waals surface area contributed by atoms with Crippen LogP contribution in [0.4, 0.5) is 0 Å². The van der Waals surface area contributed by atoms with Crippen LogP contribution in [0.5, 0.6) is 0 Å². The molecule has 0 aliphatic carbocycles. The van der Waals surface area contributed by atoms with E-state index in [-0.39, 0.29) is 21.2 Å². The Labute approximate surface area is 71.8 Å². The van der Waals surface area contributed by atoms with Gasteiger partial charge in [-0.25, -0.2) is 0 Å². The number of hydrogen-bond acceptors (Lipinski definition) is 2. The van der Waals surface area contributed by atoms with Gasteiger partial charge in [0.1, 0.15) is 0 Å². The molecule has 0 unspecified atom stereocenters. The van der Waals surface area contributed by atoms with E-state index in [1.54, 1.807) is 27.7 Å². The van der Waals surface area contributed by atoms with Crippen molar-refractivity contribution >= 4 is 19.8 Å². The monoisotopic (exact) mass is 189 g/mol. The zero-order valence-electron chi connectivity index (χ0n) is 6.55. The van der Waals surface area contributed by atoms with E-state index in [9.17, 15) is 10.2 Å². The summed E-state index contributed by atoms with van der Waals surface area (Å²) < 4.78 is 0. The Kier molecular flexibility index (Phi) is 20.6. The van der Waals surface area contributed by atoms with Gasteiger partial charge >= 0.3 is 0 Å². The molecule has 0 fully saturated rings. The minimum atomic E-state index is -0.417. The van der Waals surface area contributed by atoms with E-state index in [4.69, 9.17) is 0 Å². The molecule has 0 heterocycles. The third-order valence-corrected chi connectivity index (χ3v) is 0. The average Bonchev–Trinajstić information content (AvgIpc) is 1.25. The summed E-state index contributed by atoms with van der Waals surface area (Å²) in [5.41, 5.74) is 0. The van der Waals surface area contributed by atoms with Gasteiger partial charge in [0.05, 0.1) is 0 Å².